The summed E-state index contributed by atoms with van der Waals surface area (Å²) in [6.45, 7) is 7.03. The zero-order valence-electron chi connectivity index (χ0n) is 10.6. The van der Waals surface area contributed by atoms with Crippen molar-refractivity contribution < 1.29 is 4.74 Å². The number of unbranched alkanes of at least 4 members (excludes halogenated alkanes) is 2. The van der Waals surface area contributed by atoms with Crippen LogP contribution in [0.4, 0.5) is 0 Å². The van der Waals surface area contributed by atoms with Gasteiger partial charge in [-0.2, -0.15) is 0 Å². The van der Waals surface area contributed by atoms with E-state index in [-0.39, 0.29) is 5.60 Å². The molecule has 0 aromatic rings. The van der Waals surface area contributed by atoms with Gasteiger partial charge in [0, 0.05) is 0 Å². The Morgan fingerprint density at radius 2 is 2.13 bits per heavy atom. The lowest BCUT2D eigenvalue weighted by atomic mass is 9.67. The molecule has 3 fully saturated rings. The van der Waals surface area contributed by atoms with Crippen molar-refractivity contribution in [2.75, 3.05) is 0 Å². The molecular formula is C14H26O. The van der Waals surface area contributed by atoms with Crippen LogP contribution in [0.2, 0.25) is 0 Å². The van der Waals surface area contributed by atoms with E-state index in [0.717, 1.165) is 11.8 Å². The minimum absolute atomic E-state index is 0.227. The maximum atomic E-state index is 6.29. The summed E-state index contributed by atoms with van der Waals surface area (Å²) >= 11 is 0. The zero-order valence-corrected chi connectivity index (χ0v) is 10.6. The van der Waals surface area contributed by atoms with Crippen molar-refractivity contribution in [2.45, 2.75) is 77.4 Å². The largest absolute Gasteiger partial charge is 0.372 e. The van der Waals surface area contributed by atoms with E-state index in [4.69, 9.17) is 4.74 Å². The Kier molecular flexibility index (Phi) is 3.39. The second-order valence-electron chi connectivity index (χ2n) is 5.99. The monoisotopic (exact) mass is 210 g/mol. The zero-order chi connectivity index (χ0) is 10.9. The average Bonchev–Trinajstić information content (AvgIpc) is 2.17. The molecule has 2 bridgehead atoms. The lowest BCUT2D eigenvalue weighted by Gasteiger charge is -2.52. The van der Waals surface area contributed by atoms with E-state index in [1.807, 2.05) is 0 Å². The molecule has 4 unspecified atom stereocenters. The first-order valence-electron chi connectivity index (χ1n) is 6.82. The normalized spacial score (nSPS) is 44.6. The average molecular weight is 210 g/mol. The van der Waals surface area contributed by atoms with Crippen molar-refractivity contribution in [2.24, 2.45) is 11.8 Å². The summed E-state index contributed by atoms with van der Waals surface area (Å²) in [6.07, 6.45) is 9.95. The summed E-state index contributed by atoms with van der Waals surface area (Å²) in [7, 11) is 0. The summed E-state index contributed by atoms with van der Waals surface area (Å²) in [5.41, 5.74) is 0.227. The predicted octanol–water partition coefficient (Wildman–Crippen LogP) is 4.16. The van der Waals surface area contributed by atoms with E-state index in [1.165, 1.54) is 44.9 Å². The van der Waals surface area contributed by atoms with Gasteiger partial charge in [0.15, 0.2) is 0 Å². The maximum Gasteiger partial charge on any atom is 0.0661 e. The fourth-order valence-corrected chi connectivity index (χ4v) is 3.67. The number of hydrogen-bond acceptors (Lipinski definition) is 1. The summed E-state index contributed by atoms with van der Waals surface area (Å²) < 4.78 is 6.29. The summed E-state index contributed by atoms with van der Waals surface area (Å²) in [4.78, 5) is 0. The summed E-state index contributed by atoms with van der Waals surface area (Å²) in [5, 5.41) is 0. The predicted molar refractivity (Wildman–Crippen MR) is 63.9 cm³/mol. The third-order valence-electron chi connectivity index (χ3n) is 4.50. The molecule has 2 saturated heterocycles. The fourth-order valence-electron chi connectivity index (χ4n) is 3.67. The van der Waals surface area contributed by atoms with Gasteiger partial charge in [-0.05, 0) is 44.4 Å². The molecule has 88 valence electrons. The SMILES string of the molecule is CCCCCC1OC2(C)CCC1C(C)C2. The van der Waals surface area contributed by atoms with Crippen molar-refractivity contribution in [1.82, 2.24) is 0 Å². The van der Waals surface area contributed by atoms with Gasteiger partial charge < -0.3 is 4.74 Å². The van der Waals surface area contributed by atoms with Gasteiger partial charge in [0.25, 0.3) is 0 Å². The molecule has 4 atom stereocenters. The molecule has 1 heteroatoms. The van der Waals surface area contributed by atoms with Crippen LogP contribution in [0, 0.1) is 11.8 Å². The highest BCUT2D eigenvalue weighted by Gasteiger charge is 2.47. The lowest BCUT2D eigenvalue weighted by Crippen LogP contribution is -2.52. The minimum Gasteiger partial charge on any atom is -0.372 e. The quantitative estimate of drug-likeness (QED) is 0.633. The molecular weight excluding hydrogens is 184 g/mol. The molecule has 0 aromatic heterocycles. The highest BCUT2D eigenvalue weighted by molar-refractivity contribution is 4.96. The van der Waals surface area contributed by atoms with Crippen molar-refractivity contribution in [3.63, 3.8) is 0 Å². The van der Waals surface area contributed by atoms with E-state index < -0.39 is 0 Å². The molecule has 0 radical (unpaired) electrons. The number of hydrogen-bond donors (Lipinski definition) is 0. The Labute approximate surface area is 94.6 Å². The first-order chi connectivity index (χ1) is 7.14. The fraction of sp³-hybridized carbons (Fsp3) is 1.00. The van der Waals surface area contributed by atoms with Crippen molar-refractivity contribution in [3.8, 4) is 0 Å². The topological polar surface area (TPSA) is 9.23 Å². The van der Waals surface area contributed by atoms with Crippen LogP contribution in [0.15, 0.2) is 0 Å². The molecule has 15 heavy (non-hydrogen) atoms. The van der Waals surface area contributed by atoms with E-state index in [9.17, 15) is 0 Å². The highest BCUT2D eigenvalue weighted by Crippen LogP contribution is 2.48. The van der Waals surface area contributed by atoms with Gasteiger partial charge in [0.05, 0.1) is 11.7 Å². The molecule has 2 heterocycles. The van der Waals surface area contributed by atoms with Crippen molar-refractivity contribution >= 4 is 0 Å². The Hall–Kier alpha value is -0.0400. The Morgan fingerprint density at radius 1 is 1.33 bits per heavy atom. The molecule has 0 amide bonds. The molecule has 0 N–H and O–H groups in total. The smallest absolute Gasteiger partial charge is 0.0661 e. The van der Waals surface area contributed by atoms with Crippen LogP contribution in [0.3, 0.4) is 0 Å². The molecule has 3 aliphatic rings. The third kappa shape index (κ3) is 2.38. The van der Waals surface area contributed by atoms with E-state index in [1.54, 1.807) is 0 Å². The first-order valence-corrected chi connectivity index (χ1v) is 6.82. The van der Waals surface area contributed by atoms with Crippen LogP contribution in [0.25, 0.3) is 0 Å². The number of rotatable bonds is 4. The molecule has 0 spiro atoms. The number of ether oxygens (including phenoxy) is 1. The van der Waals surface area contributed by atoms with Crippen LogP contribution in [-0.4, -0.2) is 11.7 Å². The van der Waals surface area contributed by atoms with Crippen LogP contribution >= 0.6 is 0 Å². The second kappa shape index (κ2) is 4.45. The van der Waals surface area contributed by atoms with E-state index in [2.05, 4.69) is 20.8 Å². The van der Waals surface area contributed by atoms with Crippen LogP contribution < -0.4 is 0 Å². The Bertz CT molecular complexity index is 213. The Balaban J connectivity index is 1.90. The van der Waals surface area contributed by atoms with Gasteiger partial charge in [-0.25, -0.2) is 0 Å². The molecule has 0 aromatic carbocycles. The van der Waals surface area contributed by atoms with Gasteiger partial charge in [0.2, 0.25) is 0 Å². The van der Waals surface area contributed by atoms with Gasteiger partial charge >= 0.3 is 0 Å². The summed E-state index contributed by atoms with van der Waals surface area (Å²) in [5.74, 6) is 1.76. The lowest BCUT2D eigenvalue weighted by molar-refractivity contribution is -0.205. The molecule has 2 aliphatic heterocycles. The third-order valence-corrected chi connectivity index (χ3v) is 4.50. The van der Waals surface area contributed by atoms with Gasteiger partial charge in [-0.3, -0.25) is 0 Å². The molecule has 1 saturated carbocycles. The van der Waals surface area contributed by atoms with Crippen molar-refractivity contribution in [3.05, 3.63) is 0 Å². The van der Waals surface area contributed by atoms with E-state index >= 15 is 0 Å². The first kappa shape index (κ1) is 11.4. The van der Waals surface area contributed by atoms with E-state index in [0.29, 0.717) is 6.10 Å². The van der Waals surface area contributed by atoms with Gasteiger partial charge in [-0.15, -0.1) is 0 Å². The van der Waals surface area contributed by atoms with Gasteiger partial charge in [0.1, 0.15) is 0 Å². The molecule has 3 rings (SSSR count). The highest BCUT2D eigenvalue weighted by atomic mass is 16.5. The Morgan fingerprint density at radius 3 is 2.73 bits per heavy atom. The van der Waals surface area contributed by atoms with Gasteiger partial charge in [-0.1, -0.05) is 33.1 Å². The van der Waals surface area contributed by atoms with Crippen molar-refractivity contribution in [1.29, 1.82) is 0 Å². The van der Waals surface area contributed by atoms with Crippen LogP contribution in [0.5, 0.6) is 0 Å². The maximum absolute atomic E-state index is 6.29. The summed E-state index contributed by atoms with van der Waals surface area (Å²) in [6, 6.07) is 0. The molecule has 1 nitrogen and oxygen atoms in total. The molecule has 1 aliphatic carbocycles. The minimum atomic E-state index is 0.227. The van der Waals surface area contributed by atoms with Crippen LogP contribution in [0.1, 0.15) is 65.7 Å². The number of fused-ring (bicyclic) bond motifs is 3. The second-order valence-corrected chi connectivity index (χ2v) is 5.99. The standard InChI is InChI=1S/C14H26O/c1-4-5-6-7-13-12-8-9-14(3,15-13)10-11(12)2/h11-13H,4-10H2,1-3H3. The van der Waals surface area contributed by atoms with Crippen LogP contribution in [-0.2, 0) is 4.74 Å².